The number of H-pyrrole nitrogens is 1. The van der Waals surface area contributed by atoms with Gasteiger partial charge in [-0.15, -0.1) is 0 Å². The van der Waals surface area contributed by atoms with Crippen LogP contribution >= 0.6 is 0 Å². The zero-order chi connectivity index (χ0) is 38.4. The van der Waals surface area contributed by atoms with E-state index in [9.17, 15) is 40.2 Å². The number of hydrogen-bond donors (Lipinski definition) is 3. The summed E-state index contributed by atoms with van der Waals surface area (Å²) in [5, 5.41) is 54.4. The lowest BCUT2D eigenvalue weighted by Crippen LogP contribution is -2.45. The third kappa shape index (κ3) is 5.35. The van der Waals surface area contributed by atoms with Gasteiger partial charge in [-0.1, -0.05) is 55.4 Å². The Bertz CT molecular complexity index is 2180. The van der Waals surface area contributed by atoms with Gasteiger partial charge >= 0.3 is 23.1 Å². The van der Waals surface area contributed by atoms with Crippen molar-refractivity contribution in [1.29, 1.82) is 0 Å². The van der Waals surface area contributed by atoms with E-state index in [1.54, 1.807) is 40.7 Å². The van der Waals surface area contributed by atoms with Crippen molar-refractivity contribution in [1.82, 2.24) is 10.3 Å². The molecule has 276 valence electrons. The number of aliphatic imine (C=N–C) groups is 2. The lowest BCUT2D eigenvalue weighted by Gasteiger charge is -2.30. The average molecular weight is 716 g/mol. The predicted octanol–water partition coefficient (Wildman–Crippen LogP) is 5.55. The van der Waals surface area contributed by atoms with E-state index in [-0.39, 0.29) is 78.1 Å². The first-order valence-electron chi connectivity index (χ1n) is 18.0. The van der Waals surface area contributed by atoms with Crippen molar-refractivity contribution >= 4 is 29.2 Å². The van der Waals surface area contributed by atoms with Crippen LogP contribution < -0.4 is 16.0 Å². The van der Waals surface area contributed by atoms with E-state index in [4.69, 9.17) is 9.98 Å². The molecule has 15 nitrogen and oxygen atoms in total. The zero-order valence-corrected chi connectivity index (χ0v) is 30.9. The third-order valence-corrected chi connectivity index (χ3v) is 10.9. The number of aromatic nitrogens is 1. The van der Waals surface area contributed by atoms with E-state index >= 15 is 0 Å². The second-order valence-electron chi connectivity index (χ2n) is 13.0. The quantitative estimate of drug-likeness (QED) is 0.182. The third-order valence-electron chi connectivity index (χ3n) is 10.9. The summed E-state index contributed by atoms with van der Waals surface area (Å²) < 4.78 is 0. The molecular weight excluding hydrogens is 670 g/mol. The Morgan fingerprint density at radius 1 is 0.712 bits per heavy atom. The van der Waals surface area contributed by atoms with Gasteiger partial charge in [0, 0.05) is 5.35 Å². The van der Waals surface area contributed by atoms with E-state index in [0.717, 1.165) is 5.56 Å². The number of fused-ring (bicyclic) bond motifs is 6. The molecule has 0 amide bonds. The summed E-state index contributed by atoms with van der Waals surface area (Å²) in [5.41, 5.74) is 0.282. The summed E-state index contributed by atoms with van der Waals surface area (Å²) in [6, 6.07) is -1.02. The monoisotopic (exact) mass is 715 g/mol. The molecule has 8 bridgehead atoms. The first-order chi connectivity index (χ1) is 24.8. The normalized spacial score (nSPS) is 26.0. The van der Waals surface area contributed by atoms with Crippen LogP contribution in [0.25, 0.3) is 11.8 Å². The van der Waals surface area contributed by atoms with Crippen molar-refractivity contribution in [2.45, 2.75) is 113 Å². The fourth-order valence-corrected chi connectivity index (χ4v) is 8.66. The van der Waals surface area contributed by atoms with Crippen molar-refractivity contribution in [2.24, 2.45) is 15.4 Å². The van der Waals surface area contributed by atoms with Gasteiger partial charge in [0.2, 0.25) is 0 Å². The SMILES string of the molecule is CCC1=C(CC)/C2=C(\[N+](=O)[O-])C3=N/C(=C(/[N+](=O)[O-])C4=C(CC)C(CC)(C(=O)O)C(/C=c5\[nH]/c(c(CC)c5CC)=C(/[N+](=O)[O-])C1=N2)N4)C(CC)=C3CC. The van der Waals surface area contributed by atoms with Gasteiger partial charge in [-0.2, -0.15) is 0 Å². The molecule has 4 aliphatic heterocycles. The van der Waals surface area contributed by atoms with Crippen LogP contribution in [0, 0.1) is 35.8 Å². The molecular formula is C37H45N7O8. The lowest BCUT2D eigenvalue weighted by atomic mass is 9.72. The molecule has 0 aromatic carbocycles. The fourth-order valence-electron chi connectivity index (χ4n) is 8.66. The van der Waals surface area contributed by atoms with Gasteiger partial charge in [-0.25, -0.2) is 9.98 Å². The number of allylic oxidation sites excluding steroid dienone is 3. The first kappa shape index (κ1) is 37.8. The molecule has 2 atom stereocenters. The Kier molecular flexibility index (Phi) is 10.4. The molecule has 1 aromatic heterocycles. The highest BCUT2D eigenvalue weighted by Crippen LogP contribution is 2.48. The van der Waals surface area contributed by atoms with Crippen molar-refractivity contribution in [3.05, 3.63) is 109 Å². The molecule has 52 heavy (non-hydrogen) atoms. The molecule has 5 heterocycles. The average Bonchev–Trinajstić information content (AvgIpc) is 3.83. The molecule has 0 saturated carbocycles. The Morgan fingerprint density at radius 3 is 1.60 bits per heavy atom. The molecule has 0 aliphatic carbocycles. The standard InChI is InChI=1S/C37H45N7O8/c1-9-18-19(10-2)27-33(42(47)48)28-20(11-3)21(12-4)29(40-28)34(43(49)50)30-22(13-5)23(14-6)31(41-30)35(44(51)52)32-24(15-7)37(16-8,36(45)46)26(39-32)17-25(18)38-27/h17,26,38-39H,9-16H2,1-8H3,(H,45,46)/b25-17-,33-27+,34-29+,35-31+. The minimum absolute atomic E-state index is 0.00121. The molecule has 0 fully saturated rings. The number of aliphatic carboxylic acids is 1. The molecule has 2 unspecified atom stereocenters. The van der Waals surface area contributed by atoms with Crippen LogP contribution in [0.4, 0.5) is 0 Å². The smallest absolute Gasteiger partial charge is 0.320 e. The lowest BCUT2D eigenvalue weighted by molar-refractivity contribution is -0.422. The summed E-state index contributed by atoms with van der Waals surface area (Å²) in [6.45, 7) is 14.4. The summed E-state index contributed by atoms with van der Waals surface area (Å²) in [7, 11) is 0. The number of nitro groups is 3. The van der Waals surface area contributed by atoms with Gasteiger partial charge in [0.1, 0.15) is 39.3 Å². The number of nitrogens with one attached hydrogen (secondary N) is 2. The van der Waals surface area contributed by atoms with E-state index in [0.29, 0.717) is 51.6 Å². The van der Waals surface area contributed by atoms with Crippen LogP contribution in [-0.2, 0) is 17.6 Å². The molecule has 0 spiro atoms. The van der Waals surface area contributed by atoms with Crippen molar-refractivity contribution in [2.75, 3.05) is 0 Å². The highest BCUT2D eigenvalue weighted by atomic mass is 16.6. The highest BCUT2D eigenvalue weighted by molar-refractivity contribution is 6.28. The van der Waals surface area contributed by atoms with Crippen LogP contribution in [0.15, 0.2) is 66.3 Å². The first-order valence-corrected chi connectivity index (χ1v) is 18.0. The van der Waals surface area contributed by atoms with Crippen LogP contribution in [0.5, 0.6) is 0 Å². The van der Waals surface area contributed by atoms with Crippen LogP contribution in [0.2, 0.25) is 0 Å². The van der Waals surface area contributed by atoms with E-state index in [1.807, 2.05) is 20.8 Å². The molecule has 4 aliphatic rings. The number of nitrogens with zero attached hydrogens (tertiary/aromatic N) is 5. The van der Waals surface area contributed by atoms with Gasteiger partial charge in [-0.05, 0) is 96.4 Å². The van der Waals surface area contributed by atoms with Gasteiger partial charge in [0.05, 0.1) is 20.8 Å². The van der Waals surface area contributed by atoms with Crippen molar-refractivity contribution in [3.8, 4) is 0 Å². The van der Waals surface area contributed by atoms with Gasteiger partial charge in [0.15, 0.2) is 0 Å². The Morgan fingerprint density at radius 2 is 1.19 bits per heavy atom. The van der Waals surface area contributed by atoms with Gasteiger partial charge < -0.3 is 15.4 Å². The second-order valence-corrected chi connectivity index (χ2v) is 13.0. The summed E-state index contributed by atoms with van der Waals surface area (Å²) in [4.78, 5) is 64.0. The number of aromatic amines is 1. The molecule has 1 aromatic rings. The van der Waals surface area contributed by atoms with Gasteiger partial charge in [0.25, 0.3) is 0 Å². The second kappa shape index (κ2) is 14.3. The molecule has 0 saturated heterocycles. The van der Waals surface area contributed by atoms with Crippen molar-refractivity contribution in [3.63, 3.8) is 0 Å². The Labute approximate surface area is 300 Å². The number of carboxylic acid groups (broad SMARTS) is 1. The molecule has 5 rings (SSSR count). The van der Waals surface area contributed by atoms with Crippen LogP contribution in [0.1, 0.15) is 105 Å². The van der Waals surface area contributed by atoms with E-state index in [2.05, 4.69) is 10.3 Å². The van der Waals surface area contributed by atoms with Gasteiger partial charge in [-0.3, -0.25) is 35.1 Å². The molecule has 3 N–H and O–H groups in total. The maximum absolute atomic E-state index is 13.4. The Hall–Kier alpha value is -5.47. The van der Waals surface area contributed by atoms with Crippen molar-refractivity contribution < 1.29 is 24.7 Å². The topological polar surface area (TPSA) is 219 Å². The largest absolute Gasteiger partial charge is 0.481 e. The minimum atomic E-state index is -1.64. The van der Waals surface area contributed by atoms with Crippen LogP contribution in [0.3, 0.4) is 0 Å². The maximum atomic E-state index is 13.4. The number of hydrogen-bond acceptors (Lipinski definition) is 10. The molecule has 0 radical (unpaired) electrons. The number of rotatable bonds is 12. The highest BCUT2D eigenvalue weighted by Gasteiger charge is 2.55. The predicted molar refractivity (Wildman–Crippen MR) is 196 cm³/mol. The van der Waals surface area contributed by atoms with E-state index in [1.165, 1.54) is 0 Å². The Balaban J connectivity index is 2.18. The van der Waals surface area contributed by atoms with E-state index < -0.39 is 43.6 Å². The summed E-state index contributed by atoms with van der Waals surface area (Å²) in [5.74, 6) is -1.19. The van der Waals surface area contributed by atoms with Crippen LogP contribution in [-0.4, -0.2) is 48.3 Å². The summed E-state index contributed by atoms with van der Waals surface area (Å²) in [6.07, 6.45) is 3.73. The minimum Gasteiger partial charge on any atom is -0.481 e. The summed E-state index contributed by atoms with van der Waals surface area (Å²) >= 11 is 0. The maximum Gasteiger partial charge on any atom is 0.320 e. The molecule has 15 heteroatoms. The zero-order valence-electron chi connectivity index (χ0n) is 30.9. The number of carbonyl (C=O) groups is 1. The number of carboxylic acids is 1. The fraction of sp³-hybridized carbons (Fsp3) is 0.486.